The molecule has 0 radical (unpaired) electrons. The quantitative estimate of drug-likeness (QED) is 0.541. The third-order valence-electron chi connectivity index (χ3n) is 4.48. The van der Waals surface area contributed by atoms with Gasteiger partial charge in [-0.15, -0.1) is 0 Å². The fraction of sp³-hybridized carbons (Fsp3) is 0.600. The molecule has 2 unspecified atom stereocenters. The van der Waals surface area contributed by atoms with Crippen molar-refractivity contribution in [2.24, 2.45) is 22.7 Å². The number of hydrogen-bond donors (Lipinski definition) is 0. The van der Waals surface area contributed by atoms with Crippen molar-refractivity contribution in [3.05, 3.63) is 47.6 Å². The molecule has 0 heteroatoms. The van der Waals surface area contributed by atoms with Crippen LogP contribution in [0.4, 0.5) is 0 Å². The Labute approximate surface area is 125 Å². The van der Waals surface area contributed by atoms with Gasteiger partial charge in [-0.2, -0.15) is 0 Å². The maximum absolute atomic E-state index is 2.41. The predicted molar refractivity (Wildman–Crippen MR) is 89.6 cm³/mol. The highest BCUT2D eigenvalue weighted by molar-refractivity contribution is 5.40. The van der Waals surface area contributed by atoms with E-state index in [0.717, 1.165) is 0 Å². The summed E-state index contributed by atoms with van der Waals surface area (Å²) < 4.78 is 0. The Morgan fingerprint density at radius 2 is 1.55 bits per heavy atom. The summed E-state index contributed by atoms with van der Waals surface area (Å²) in [4.78, 5) is 0. The molecule has 0 nitrogen and oxygen atoms in total. The van der Waals surface area contributed by atoms with Crippen LogP contribution in [0.3, 0.4) is 0 Å². The lowest BCUT2D eigenvalue weighted by Gasteiger charge is -2.41. The van der Waals surface area contributed by atoms with Gasteiger partial charge < -0.3 is 0 Å². The fourth-order valence-corrected chi connectivity index (χ4v) is 3.64. The highest BCUT2D eigenvalue weighted by Gasteiger charge is 2.36. The first-order valence-electron chi connectivity index (χ1n) is 7.96. The third kappa shape index (κ3) is 3.16. The predicted octanol–water partition coefficient (Wildman–Crippen LogP) is 6.08. The minimum atomic E-state index is 0.228. The molecule has 0 aromatic rings. The van der Waals surface area contributed by atoms with Crippen LogP contribution in [-0.4, -0.2) is 0 Å². The van der Waals surface area contributed by atoms with E-state index in [1.54, 1.807) is 11.1 Å². The molecule has 0 bridgehead atoms. The highest BCUT2D eigenvalue weighted by atomic mass is 14.4. The van der Waals surface area contributed by atoms with Crippen molar-refractivity contribution in [2.45, 2.75) is 54.4 Å². The van der Waals surface area contributed by atoms with E-state index >= 15 is 0 Å². The normalized spacial score (nSPS) is 27.3. The summed E-state index contributed by atoms with van der Waals surface area (Å²) in [6, 6.07) is 0. The lowest BCUT2D eigenvalue weighted by molar-refractivity contribution is 0.337. The van der Waals surface area contributed by atoms with Gasteiger partial charge in [0.2, 0.25) is 0 Å². The smallest absolute Gasteiger partial charge is 0.00912 e. The average molecular weight is 270 g/mol. The Balaban J connectivity index is 2.48. The summed E-state index contributed by atoms with van der Waals surface area (Å²) in [5, 5.41) is 0. The van der Waals surface area contributed by atoms with Gasteiger partial charge in [0.1, 0.15) is 0 Å². The number of rotatable bonds is 1. The molecule has 20 heavy (non-hydrogen) atoms. The molecule has 0 aliphatic heterocycles. The van der Waals surface area contributed by atoms with Gasteiger partial charge in [-0.3, -0.25) is 0 Å². The second-order valence-electron chi connectivity index (χ2n) is 8.28. The largest absolute Gasteiger partial charge is 0.0839 e. The van der Waals surface area contributed by atoms with Crippen LogP contribution < -0.4 is 0 Å². The molecule has 0 aromatic heterocycles. The Hall–Kier alpha value is -1.04. The maximum atomic E-state index is 2.41. The van der Waals surface area contributed by atoms with Crippen molar-refractivity contribution in [2.75, 3.05) is 0 Å². The molecule has 2 aliphatic rings. The molecular weight excluding hydrogens is 240 g/mol. The van der Waals surface area contributed by atoms with Crippen molar-refractivity contribution in [3.8, 4) is 0 Å². The minimum absolute atomic E-state index is 0.228. The van der Waals surface area contributed by atoms with Crippen LogP contribution in [0, 0.1) is 22.7 Å². The fourth-order valence-electron chi connectivity index (χ4n) is 3.64. The van der Waals surface area contributed by atoms with Gasteiger partial charge in [-0.1, -0.05) is 83.6 Å². The first kappa shape index (κ1) is 15.4. The van der Waals surface area contributed by atoms with Crippen LogP contribution in [-0.2, 0) is 0 Å². The van der Waals surface area contributed by atoms with E-state index in [1.165, 1.54) is 12.8 Å². The standard InChI is InChI=1S/C20H30/c1-19(2,3)17-14-10-13-16(18(17)20(4,5)6)15-11-8-7-9-12-15/h7-11,14-16H,12-13H2,1-6H3. The van der Waals surface area contributed by atoms with Crippen LogP contribution in [0.15, 0.2) is 47.6 Å². The monoisotopic (exact) mass is 270 g/mol. The lowest BCUT2D eigenvalue weighted by atomic mass is 9.63. The van der Waals surface area contributed by atoms with Crippen LogP contribution in [0.5, 0.6) is 0 Å². The van der Waals surface area contributed by atoms with Gasteiger partial charge >= 0.3 is 0 Å². The van der Waals surface area contributed by atoms with Crippen molar-refractivity contribution >= 4 is 0 Å². The zero-order valence-corrected chi connectivity index (χ0v) is 14.0. The summed E-state index contributed by atoms with van der Waals surface area (Å²) in [6.45, 7) is 14.2. The summed E-state index contributed by atoms with van der Waals surface area (Å²) in [5.74, 6) is 1.33. The molecular formula is C20H30. The van der Waals surface area contributed by atoms with E-state index in [2.05, 4.69) is 78.0 Å². The van der Waals surface area contributed by atoms with Gasteiger partial charge in [0.15, 0.2) is 0 Å². The molecule has 110 valence electrons. The minimum Gasteiger partial charge on any atom is -0.0839 e. The molecule has 0 aromatic carbocycles. The number of hydrogen-bond acceptors (Lipinski definition) is 0. The van der Waals surface area contributed by atoms with Gasteiger partial charge in [0, 0.05) is 0 Å². The van der Waals surface area contributed by atoms with Gasteiger partial charge in [-0.05, 0) is 41.1 Å². The molecule has 0 spiro atoms. The maximum Gasteiger partial charge on any atom is -0.00912 e. The Bertz CT molecular complexity index is 469. The van der Waals surface area contributed by atoms with Crippen LogP contribution in [0.1, 0.15) is 54.4 Å². The Kier molecular flexibility index (Phi) is 4.14. The first-order valence-corrected chi connectivity index (χ1v) is 7.96. The van der Waals surface area contributed by atoms with Gasteiger partial charge in [-0.25, -0.2) is 0 Å². The second kappa shape index (κ2) is 5.39. The van der Waals surface area contributed by atoms with E-state index in [-0.39, 0.29) is 10.8 Å². The Morgan fingerprint density at radius 1 is 0.850 bits per heavy atom. The van der Waals surface area contributed by atoms with Crippen LogP contribution in [0.2, 0.25) is 0 Å². The van der Waals surface area contributed by atoms with Crippen molar-refractivity contribution in [3.63, 3.8) is 0 Å². The van der Waals surface area contributed by atoms with Crippen molar-refractivity contribution < 1.29 is 0 Å². The molecule has 0 saturated heterocycles. The van der Waals surface area contributed by atoms with Gasteiger partial charge in [0.05, 0.1) is 0 Å². The van der Waals surface area contributed by atoms with Crippen molar-refractivity contribution in [1.82, 2.24) is 0 Å². The average Bonchev–Trinajstić information content (AvgIpc) is 2.37. The SMILES string of the molecule is CC(C)(C)C1=C(C(C)(C)C)C(C2C=CC=CC2)CC=C1. The van der Waals surface area contributed by atoms with Gasteiger partial charge in [0.25, 0.3) is 0 Å². The van der Waals surface area contributed by atoms with Crippen LogP contribution >= 0.6 is 0 Å². The molecule has 0 fully saturated rings. The summed E-state index contributed by atoms with van der Waals surface area (Å²) in [5.41, 5.74) is 3.71. The topological polar surface area (TPSA) is 0 Å². The van der Waals surface area contributed by atoms with E-state index in [1.807, 2.05) is 0 Å². The van der Waals surface area contributed by atoms with Crippen LogP contribution in [0.25, 0.3) is 0 Å². The summed E-state index contributed by atoms with van der Waals surface area (Å²) in [7, 11) is 0. The summed E-state index contributed by atoms with van der Waals surface area (Å²) >= 11 is 0. The second-order valence-corrected chi connectivity index (χ2v) is 8.28. The van der Waals surface area contributed by atoms with Crippen molar-refractivity contribution in [1.29, 1.82) is 0 Å². The number of allylic oxidation sites excluding steroid dienone is 8. The zero-order valence-electron chi connectivity index (χ0n) is 14.0. The molecule has 0 amide bonds. The molecule has 2 rings (SSSR count). The van der Waals surface area contributed by atoms with E-state index in [0.29, 0.717) is 11.8 Å². The van der Waals surface area contributed by atoms with E-state index in [4.69, 9.17) is 0 Å². The highest BCUT2D eigenvalue weighted by Crippen LogP contribution is 2.48. The third-order valence-corrected chi connectivity index (χ3v) is 4.48. The van der Waals surface area contributed by atoms with E-state index in [9.17, 15) is 0 Å². The first-order chi connectivity index (χ1) is 9.21. The Morgan fingerprint density at radius 3 is 2.05 bits per heavy atom. The molecule has 0 saturated carbocycles. The zero-order chi connectivity index (χ0) is 15.0. The molecule has 0 heterocycles. The lowest BCUT2D eigenvalue weighted by Crippen LogP contribution is -2.30. The molecule has 2 atom stereocenters. The summed E-state index contributed by atoms with van der Waals surface area (Å²) in [6.07, 6.45) is 16.3. The molecule has 0 N–H and O–H groups in total. The van der Waals surface area contributed by atoms with E-state index < -0.39 is 0 Å². The molecule has 2 aliphatic carbocycles.